The van der Waals surface area contributed by atoms with Crippen LogP contribution in [0, 0.1) is 0 Å². The normalized spacial score (nSPS) is 12.5. The number of thioether (sulfide) groups is 1. The van der Waals surface area contributed by atoms with E-state index in [-0.39, 0.29) is 5.97 Å². The van der Waals surface area contributed by atoms with Crippen molar-refractivity contribution in [2.24, 2.45) is 0 Å². The quantitative estimate of drug-likeness (QED) is 0.483. The topological polar surface area (TPSA) is 55.8 Å². The van der Waals surface area contributed by atoms with Crippen LogP contribution < -0.4 is 0 Å². The van der Waals surface area contributed by atoms with Crippen LogP contribution in [0.4, 0.5) is 0 Å². The molecule has 0 rings (SSSR count). The van der Waals surface area contributed by atoms with Crippen LogP contribution in [0.1, 0.15) is 13.3 Å². The molecule has 4 nitrogen and oxygen atoms in total. The summed E-state index contributed by atoms with van der Waals surface area (Å²) in [7, 11) is 1.37. The van der Waals surface area contributed by atoms with Crippen LogP contribution in [-0.4, -0.2) is 49.0 Å². The van der Waals surface area contributed by atoms with Gasteiger partial charge in [-0.25, -0.2) is 0 Å². The summed E-state index contributed by atoms with van der Waals surface area (Å²) in [5.74, 6) is 1.06. The van der Waals surface area contributed by atoms with E-state index in [4.69, 9.17) is 4.74 Å². The molecule has 0 aliphatic carbocycles. The highest BCUT2D eigenvalue weighted by Crippen LogP contribution is 2.05. The van der Waals surface area contributed by atoms with E-state index in [2.05, 4.69) is 4.74 Å². The van der Waals surface area contributed by atoms with E-state index in [1.807, 2.05) is 6.92 Å². The van der Waals surface area contributed by atoms with Gasteiger partial charge in [-0.3, -0.25) is 4.79 Å². The number of hydrogen-bond donors (Lipinski definition) is 1. The third-order valence-electron chi connectivity index (χ3n) is 1.50. The second kappa shape index (κ2) is 9.30. The average Bonchev–Trinajstić information content (AvgIpc) is 2.21. The van der Waals surface area contributed by atoms with E-state index in [0.717, 1.165) is 0 Å². The van der Waals surface area contributed by atoms with Crippen molar-refractivity contribution in [3.63, 3.8) is 0 Å². The Kier molecular flexibility index (Phi) is 9.13. The predicted molar refractivity (Wildman–Crippen MR) is 56.5 cm³/mol. The fourth-order valence-corrected chi connectivity index (χ4v) is 1.62. The van der Waals surface area contributed by atoms with E-state index >= 15 is 0 Å². The average molecular weight is 222 g/mol. The van der Waals surface area contributed by atoms with Crippen molar-refractivity contribution in [1.82, 2.24) is 0 Å². The van der Waals surface area contributed by atoms with Crippen LogP contribution in [-0.2, 0) is 14.3 Å². The van der Waals surface area contributed by atoms with Crippen LogP contribution in [0.15, 0.2) is 0 Å². The van der Waals surface area contributed by atoms with E-state index < -0.39 is 6.10 Å². The molecular weight excluding hydrogens is 204 g/mol. The lowest BCUT2D eigenvalue weighted by atomic mass is 10.4. The number of carbonyl (C=O) groups is 1. The van der Waals surface area contributed by atoms with Gasteiger partial charge in [-0.15, -0.1) is 0 Å². The molecule has 0 aromatic carbocycles. The Labute approximate surface area is 89.0 Å². The predicted octanol–water partition coefficient (Wildman–Crippen LogP) is 0.680. The lowest BCUT2D eigenvalue weighted by molar-refractivity contribution is -0.140. The molecule has 0 bridgehead atoms. The van der Waals surface area contributed by atoms with Crippen LogP contribution in [0.5, 0.6) is 0 Å². The van der Waals surface area contributed by atoms with Gasteiger partial charge in [0.1, 0.15) is 0 Å². The highest BCUT2D eigenvalue weighted by molar-refractivity contribution is 7.99. The number of methoxy groups -OCH3 is 1. The van der Waals surface area contributed by atoms with Gasteiger partial charge in [0, 0.05) is 18.1 Å². The van der Waals surface area contributed by atoms with Crippen molar-refractivity contribution in [1.29, 1.82) is 0 Å². The van der Waals surface area contributed by atoms with Crippen molar-refractivity contribution in [3.05, 3.63) is 0 Å². The number of esters is 1. The molecule has 14 heavy (non-hydrogen) atoms. The smallest absolute Gasteiger partial charge is 0.306 e. The van der Waals surface area contributed by atoms with Crippen molar-refractivity contribution < 1.29 is 19.4 Å². The van der Waals surface area contributed by atoms with E-state index in [1.54, 1.807) is 0 Å². The van der Waals surface area contributed by atoms with Gasteiger partial charge in [0.15, 0.2) is 0 Å². The zero-order chi connectivity index (χ0) is 10.8. The molecule has 0 saturated heterocycles. The maximum Gasteiger partial charge on any atom is 0.306 e. The van der Waals surface area contributed by atoms with Crippen LogP contribution in [0.2, 0.25) is 0 Å². The van der Waals surface area contributed by atoms with Crippen molar-refractivity contribution in [2.45, 2.75) is 19.4 Å². The summed E-state index contributed by atoms with van der Waals surface area (Å²) in [5.41, 5.74) is 0. The summed E-state index contributed by atoms with van der Waals surface area (Å²) < 4.78 is 9.52. The first-order chi connectivity index (χ1) is 6.70. The minimum atomic E-state index is -0.447. The summed E-state index contributed by atoms with van der Waals surface area (Å²) in [4.78, 5) is 10.7. The number of rotatable bonds is 8. The molecule has 0 spiro atoms. The summed E-state index contributed by atoms with van der Waals surface area (Å²) in [6.07, 6.45) is -0.0553. The van der Waals surface area contributed by atoms with Crippen molar-refractivity contribution >= 4 is 17.7 Å². The molecule has 0 heterocycles. The number of hydrogen-bond acceptors (Lipinski definition) is 5. The molecule has 0 aliphatic rings. The summed E-state index contributed by atoms with van der Waals surface area (Å²) in [6, 6.07) is 0. The van der Waals surface area contributed by atoms with Gasteiger partial charge in [0.25, 0.3) is 0 Å². The van der Waals surface area contributed by atoms with Gasteiger partial charge in [0.05, 0.1) is 26.2 Å². The molecule has 0 aliphatic heterocycles. The molecule has 0 fully saturated rings. The SMILES string of the molecule is CCOCC(O)CSCCC(=O)OC. The first-order valence-electron chi connectivity index (χ1n) is 4.61. The van der Waals surface area contributed by atoms with E-state index in [9.17, 15) is 9.90 Å². The van der Waals surface area contributed by atoms with Crippen LogP contribution >= 0.6 is 11.8 Å². The zero-order valence-electron chi connectivity index (χ0n) is 8.69. The molecule has 0 radical (unpaired) electrons. The summed E-state index contributed by atoms with van der Waals surface area (Å²) in [5, 5.41) is 9.34. The summed E-state index contributed by atoms with van der Waals surface area (Å²) >= 11 is 1.52. The molecule has 0 amide bonds. The minimum absolute atomic E-state index is 0.211. The first kappa shape index (κ1) is 13.7. The van der Waals surface area contributed by atoms with E-state index in [1.165, 1.54) is 18.9 Å². The van der Waals surface area contributed by atoms with E-state index in [0.29, 0.717) is 31.1 Å². The monoisotopic (exact) mass is 222 g/mol. The van der Waals surface area contributed by atoms with Gasteiger partial charge in [-0.2, -0.15) is 11.8 Å². The Morgan fingerprint density at radius 1 is 1.57 bits per heavy atom. The number of aliphatic hydroxyl groups is 1. The largest absolute Gasteiger partial charge is 0.469 e. The van der Waals surface area contributed by atoms with Gasteiger partial charge in [-0.1, -0.05) is 0 Å². The molecule has 0 aromatic heterocycles. The lowest BCUT2D eigenvalue weighted by Crippen LogP contribution is -2.18. The van der Waals surface area contributed by atoms with Gasteiger partial charge in [-0.05, 0) is 6.92 Å². The molecule has 1 N–H and O–H groups in total. The van der Waals surface area contributed by atoms with Crippen LogP contribution in [0.25, 0.3) is 0 Å². The summed E-state index contributed by atoms with van der Waals surface area (Å²) in [6.45, 7) is 2.86. The number of aliphatic hydroxyl groups excluding tert-OH is 1. The molecule has 84 valence electrons. The van der Waals surface area contributed by atoms with Gasteiger partial charge in [0.2, 0.25) is 0 Å². The third kappa shape index (κ3) is 8.34. The minimum Gasteiger partial charge on any atom is -0.469 e. The molecular formula is C9H18O4S. The fraction of sp³-hybridized carbons (Fsp3) is 0.889. The molecule has 0 saturated carbocycles. The Morgan fingerprint density at radius 2 is 2.29 bits per heavy atom. The van der Waals surface area contributed by atoms with Gasteiger partial charge < -0.3 is 14.6 Å². The second-order valence-corrected chi connectivity index (χ2v) is 3.86. The molecule has 0 aromatic rings. The van der Waals surface area contributed by atoms with Crippen molar-refractivity contribution in [2.75, 3.05) is 31.8 Å². The molecule has 1 unspecified atom stereocenters. The highest BCUT2D eigenvalue weighted by atomic mass is 32.2. The number of ether oxygens (including phenoxy) is 2. The zero-order valence-corrected chi connectivity index (χ0v) is 9.51. The van der Waals surface area contributed by atoms with Gasteiger partial charge >= 0.3 is 5.97 Å². The number of carbonyl (C=O) groups excluding carboxylic acids is 1. The first-order valence-corrected chi connectivity index (χ1v) is 5.76. The van der Waals surface area contributed by atoms with Crippen LogP contribution in [0.3, 0.4) is 0 Å². The lowest BCUT2D eigenvalue weighted by Gasteiger charge is -2.09. The third-order valence-corrected chi connectivity index (χ3v) is 2.62. The Morgan fingerprint density at radius 3 is 2.86 bits per heavy atom. The second-order valence-electron chi connectivity index (χ2n) is 2.71. The Hall–Kier alpha value is -0.260. The maximum atomic E-state index is 10.7. The van der Waals surface area contributed by atoms with Crippen molar-refractivity contribution in [3.8, 4) is 0 Å². The standard InChI is InChI=1S/C9H18O4S/c1-3-13-6-8(10)7-14-5-4-9(11)12-2/h8,10H,3-7H2,1-2H3. The Balaban J connectivity index is 3.22. The molecule has 1 atom stereocenters. The highest BCUT2D eigenvalue weighted by Gasteiger charge is 2.05. The maximum absolute atomic E-state index is 10.7. The fourth-order valence-electron chi connectivity index (χ4n) is 0.779. The Bertz CT molecular complexity index is 152. The molecule has 5 heteroatoms.